The van der Waals surface area contributed by atoms with Gasteiger partial charge in [0.25, 0.3) is 0 Å². The summed E-state index contributed by atoms with van der Waals surface area (Å²) in [6.45, 7) is 1.61. The van der Waals surface area contributed by atoms with Crippen molar-refractivity contribution in [3.63, 3.8) is 0 Å². The van der Waals surface area contributed by atoms with Gasteiger partial charge >= 0.3 is 0 Å². The zero-order chi connectivity index (χ0) is 11.2. The molecule has 2 atom stereocenters. The molecule has 1 aliphatic carbocycles. The number of nitrogens with one attached hydrogen (secondary N) is 1. The van der Waals surface area contributed by atoms with E-state index in [0.29, 0.717) is 6.42 Å². The summed E-state index contributed by atoms with van der Waals surface area (Å²) in [6, 6.07) is 9.79. The van der Waals surface area contributed by atoms with Gasteiger partial charge in [0.15, 0.2) is 0 Å². The van der Waals surface area contributed by atoms with Gasteiger partial charge in [0.05, 0.1) is 11.8 Å². The van der Waals surface area contributed by atoms with E-state index in [1.165, 1.54) is 0 Å². The molecule has 2 aliphatic rings. The van der Waals surface area contributed by atoms with Crippen LogP contribution >= 0.6 is 0 Å². The highest BCUT2D eigenvalue weighted by Crippen LogP contribution is 2.56. The van der Waals surface area contributed by atoms with Crippen LogP contribution in [0.15, 0.2) is 30.3 Å². The maximum Gasteiger partial charge on any atom is 0.235 e. The number of piperidine rings is 1. The maximum atomic E-state index is 11.3. The van der Waals surface area contributed by atoms with Crippen LogP contribution in [-0.4, -0.2) is 23.6 Å². The van der Waals surface area contributed by atoms with Gasteiger partial charge in [-0.3, -0.25) is 10.1 Å². The summed E-state index contributed by atoms with van der Waals surface area (Å²) in [5.74, 6) is 0.477. The number of nitro groups is 1. The van der Waals surface area contributed by atoms with Gasteiger partial charge in [-0.15, -0.1) is 0 Å². The molecule has 1 N–H and O–H groups in total. The fourth-order valence-corrected chi connectivity index (χ4v) is 3.14. The molecule has 4 heteroatoms. The summed E-state index contributed by atoms with van der Waals surface area (Å²) in [5.41, 5.74) is 0.403. The van der Waals surface area contributed by atoms with E-state index in [9.17, 15) is 10.1 Å². The number of rotatable bonds is 3. The van der Waals surface area contributed by atoms with Crippen LogP contribution in [0, 0.1) is 22.0 Å². The molecule has 0 amide bonds. The van der Waals surface area contributed by atoms with E-state index in [1.54, 1.807) is 0 Å². The minimum atomic E-state index is -0.674. The first kappa shape index (κ1) is 9.78. The van der Waals surface area contributed by atoms with Gasteiger partial charge in [0.2, 0.25) is 5.54 Å². The van der Waals surface area contributed by atoms with Crippen LogP contribution in [0.25, 0.3) is 0 Å². The second-order valence-corrected chi connectivity index (χ2v) is 4.78. The van der Waals surface area contributed by atoms with E-state index in [-0.39, 0.29) is 16.8 Å². The van der Waals surface area contributed by atoms with Crippen molar-refractivity contribution in [1.82, 2.24) is 5.32 Å². The first-order chi connectivity index (χ1) is 7.75. The first-order valence-electron chi connectivity index (χ1n) is 5.64. The zero-order valence-corrected chi connectivity index (χ0v) is 8.93. The lowest BCUT2D eigenvalue weighted by atomic mass is 10.0. The molecule has 84 valence electrons. The molecule has 16 heavy (non-hydrogen) atoms. The average Bonchev–Trinajstić information content (AvgIpc) is 2.70. The molecular formula is C12H14N2O2. The lowest BCUT2D eigenvalue weighted by molar-refractivity contribution is -0.546. The third-order valence-corrected chi connectivity index (χ3v) is 4.06. The molecule has 1 aromatic carbocycles. The number of nitrogens with zero attached hydrogens (tertiary/aromatic N) is 1. The van der Waals surface area contributed by atoms with Gasteiger partial charge < -0.3 is 5.32 Å². The highest BCUT2D eigenvalue weighted by atomic mass is 16.6. The largest absolute Gasteiger partial charge is 0.316 e. The first-order valence-corrected chi connectivity index (χ1v) is 5.64. The van der Waals surface area contributed by atoms with Gasteiger partial charge in [-0.25, -0.2) is 0 Å². The van der Waals surface area contributed by atoms with Crippen molar-refractivity contribution in [2.75, 3.05) is 13.1 Å². The Morgan fingerprint density at radius 3 is 2.50 bits per heavy atom. The fraction of sp³-hybridized carbons (Fsp3) is 0.500. The Hall–Kier alpha value is -1.42. The summed E-state index contributed by atoms with van der Waals surface area (Å²) in [5, 5.41) is 14.5. The van der Waals surface area contributed by atoms with Crippen LogP contribution in [0.5, 0.6) is 0 Å². The number of hydrogen-bond acceptors (Lipinski definition) is 3. The minimum Gasteiger partial charge on any atom is -0.316 e. The summed E-state index contributed by atoms with van der Waals surface area (Å²) in [6.07, 6.45) is 0.581. The Morgan fingerprint density at radius 1 is 1.31 bits per heavy atom. The molecule has 0 radical (unpaired) electrons. The Balaban J connectivity index is 1.85. The van der Waals surface area contributed by atoms with Crippen LogP contribution in [-0.2, 0) is 6.42 Å². The number of fused-ring (bicyclic) bond motifs is 1. The highest BCUT2D eigenvalue weighted by molar-refractivity contribution is 5.26. The summed E-state index contributed by atoms with van der Waals surface area (Å²) >= 11 is 0. The molecule has 2 unspecified atom stereocenters. The SMILES string of the molecule is O=[N+]([O-])C1(Cc2ccccc2)C2CNCC21. The van der Waals surface area contributed by atoms with Crippen molar-refractivity contribution in [3.8, 4) is 0 Å². The minimum absolute atomic E-state index is 0.0455. The summed E-state index contributed by atoms with van der Waals surface area (Å²) in [7, 11) is 0. The molecule has 1 heterocycles. The van der Waals surface area contributed by atoms with Crippen LogP contribution in [0.2, 0.25) is 0 Å². The molecule has 0 bridgehead atoms. The quantitative estimate of drug-likeness (QED) is 0.610. The highest BCUT2D eigenvalue weighted by Gasteiger charge is 2.76. The number of benzene rings is 1. The Bertz CT molecular complexity index is 408. The van der Waals surface area contributed by atoms with E-state index in [2.05, 4.69) is 5.32 Å². The second kappa shape index (κ2) is 3.28. The Labute approximate surface area is 93.8 Å². The molecular weight excluding hydrogens is 204 g/mol. The lowest BCUT2D eigenvalue weighted by Gasteiger charge is -2.13. The third-order valence-electron chi connectivity index (χ3n) is 4.06. The van der Waals surface area contributed by atoms with Crippen LogP contribution in [0.3, 0.4) is 0 Å². The van der Waals surface area contributed by atoms with Crippen molar-refractivity contribution in [3.05, 3.63) is 46.0 Å². The van der Waals surface area contributed by atoms with Gasteiger partial charge in [0, 0.05) is 24.4 Å². The van der Waals surface area contributed by atoms with E-state index in [1.807, 2.05) is 30.3 Å². The second-order valence-electron chi connectivity index (χ2n) is 4.78. The maximum absolute atomic E-state index is 11.3. The van der Waals surface area contributed by atoms with Gasteiger partial charge in [-0.2, -0.15) is 0 Å². The Morgan fingerprint density at radius 2 is 1.94 bits per heavy atom. The molecule has 1 aliphatic heterocycles. The molecule has 0 spiro atoms. The predicted molar refractivity (Wildman–Crippen MR) is 59.7 cm³/mol. The smallest absolute Gasteiger partial charge is 0.235 e. The topological polar surface area (TPSA) is 55.2 Å². The van der Waals surface area contributed by atoms with Crippen LogP contribution in [0.1, 0.15) is 5.56 Å². The summed E-state index contributed by atoms with van der Waals surface area (Å²) in [4.78, 5) is 11.2. The molecule has 1 saturated carbocycles. The fourth-order valence-electron chi connectivity index (χ4n) is 3.14. The molecule has 0 aromatic heterocycles. The third kappa shape index (κ3) is 1.19. The van der Waals surface area contributed by atoms with Crippen LogP contribution < -0.4 is 5.32 Å². The van der Waals surface area contributed by atoms with Gasteiger partial charge in [-0.1, -0.05) is 30.3 Å². The van der Waals surface area contributed by atoms with Gasteiger partial charge in [-0.05, 0) is 5.56 Å². The van der Waals surface area contributed by atoms with Crippen LogP contribution in [0.4, 0.5) is 0 Å². The van der Waals surface area contributed by atoms with Crippen molar-refractivity contribution in [2.24, 2.45) is 11.8 Å². The van der Waals surface area contributed by atoms with Crippen molar-refractivity contribution in [1.29, 1.82) is 0 Å². The van der Waals surface area contributed by atoms with Gasteiger partial charge in [0.1, 0.15) is 0 Å². The predicted octanol–water partition coefficient (Wildman–Crippen LogP) is 1.09. The van der Waals surface area contributed by atoms with E-state index < -0.39 is 5.54 Å². The zero-order valence-electron chi connectivity index (χ0n) is 8.93. The molecule has 4 nitrogen and oxygen atoms in total. The monoisotopic (exact) mass is 218 g/mol. The standard InChI is InChI=1S/C12H14N2O2/c15-14(16)12(10-7-13-8-11(10)12)6-9-4-2-1-3-5-9/h1-5,10-11,13H,6-8H2. The van der Waals surface area contributed by atoms with E-state index in [4.69, 9.17) is 0 Å². The molecule has 2 fully saturated rings. The number of hydrogen-bond donors (Lipinski definition) is 1. The van der Waals surface area contributed by atoms with Crippen molar-refractivity contribution < 1.29 is 4.92 Å². The molecule has 1 saturated heterocycles. The molecule has 3 rings (SSSR count). The summed E-state index contributed by atoms with van der Waals surface area (Å²) < 4.78 is 0. The van der Waals surface area contributed by atoms with E-state index in [0.717, 1.165) is 18.7 Å². The van der Waals surface area contributed by atoms with Crippen molar-refractivity contribution in [2.45, 2.75) is 12.0 Å². The average molecular weight is 218 g/mol. The lowest BCUT2D eigenvalue weighted by Crippen LogP contribution is -2.36. The van der Waals surface area contributed by atoms with Crippen molar-refractivity contribution >= 4 is 0 Å². The normalized spacial score (nSPS) is 35.8. The Kier molecular flexibility index (Phi) is 2.01. The molecule has 1 aromatic rings. The van der Waals surface area contributed by atoms with E-state index >= 15 is 0 Å².